The summed E-state index contributed by atoms with van der Waals surface area (Å²) in [6, 6.07) is 15.9. The fraction of sp³-hybridized carbons (Fsp3) is 0.409. The molecule has 0 radical (unpaired) electrons. The lowest BCUT2D eigenvalue weighted by Crippen LogP contribution is -2.38. The Labute approximate surface area is 165 Å². The first-order chi connectivity index (χ1) is 13.2. The Bertz CT molecular complexity index is 765. The molecule has 0 bridgehead atoms. The molecule has 5 heteroatoms. The second kappa shape index (κ2) is 9.93. The van der Waals surface area contributed by atoms with Gasteiger partial charge in [0.2, 0.25) is 0 Å². The lowest BCUT2D eigenvalue weighted by molar-refractivity contribution is 0.0808. The maximum atomic E-state index is 13.1. The fourth-order valence-electron chi connectivity index (χ4n) is 3.64. The highest BCUT2D eigenvalue weighted by Crippen LogP contribution is 2.27. The lowest BCUT2D eigenvalue weighted by Gasteiger charge is -2.32. The number of piperidine rings is 1. The van der Waals surface area contributed by atoms with E-state index in [0.29, 0.717) is 6.61 Å². The molecule has 144 valence electrons. The third-order valence-electron chi connectivity index (χ3n) is 4.91. The van der Waals surface area contributed by atoms with Crippen molar-refractivity contribution in [3.8, 4) is 5.75 Å². The molecule has 0 saturated carbocycles. The van der Waals surface area contributed by atoms with Crippen LogP contribution in [0.3, 0.4) is 0 Å². The molecule has 27 heavy (non-hydrogen) atoms. The molecule has 1 aliphatic heterocycles. The molecule has 1 N–H and O–H groups in total. The number of rotatable bonds is 8. The molecule has 1 fully saturated rings. The number of aliphatic hydroxyl groups is 1. The van der Waals surface area contributed by atoms with Gasteiger partial charge in [-0.3, -0.25) is 9.69 Å². The minimum Gasteiger partial charge on any atom is -0.491 e. The minimum absolute atomic E-state index is 0.0116. The van der Waals surface area contributed by atoms with Crippen molar-refractivity contribution in [3.05, 3.63) is 59.7 Å². The lowest BCUT2D eigenvalue weighted by atomic mass is 9.89. The topological polar surface area (TPSA) is 49.8 Å². The third kappa shape index (κ3) is 5.34. The summed E-state index contributed by atoms with van der Waals surface area (Å²) in [5.74, 6) is 1.10. The molecule has 0 unspecified atom stereocenters. The van der Waals surface area contributed by atoms with E-state index >= 15 is 0 Å². The van der Waals surface area contributed by atoms with Gasteiger partial charge in [-0.05, 0) is 49.4 Å². The zero-order valence-electron chi connectivity index (χ0n) is 15.8. The predicted molar refractivity (Wildman–Crippen MR) is 110 cm³/mol. The number of ether oxygens (including phenoxy) is 1. The molecule has 0 spiro atoms. The summed E-state index contributed by atoms with van der Waals surface area (Å²) >= 11 is 1.63. The van der Waals surface area contributed by atoms with Crippen LogP contribution in [-0.2, 0) is 6.54 Å². The van der Waals surface area contributed by atoms with Crippen molar-refractivity contribution in [2.45, 2.75) is 24.3 Å². The van der Waals surface area contributed by atoms with Crippen LogP contribution in [0.25, 0.3) is 0 Å². The second-order valence-electron chi connectivity index (χ2n) is 6.86. The summed E-state index contributed by atoms with van der Waals surface area (Å²) in [4.78, 5) is 16.5. The van der Waals surface area contributed by atoms with Gasteiger partial charge >= 0.3 is 0 Å². The molecule has 2 aromatic rings. The van der Waals surface area contributed by atoms with Gasteiger partial charge in [0, 0.05) is 29.5 Å². The number of nitrogens with zero attached hydrogens (tertiary/aromatic N) is 1. The number of carbonyl (C=O) groups is 1. The van der Waals surface area contributed by atoms with E-state index in [-0.39, 0.29) is 18.3 Å². The number of likely N-dealkylation sites (tertiary alicyclic amines) is 1. The van der Waals surface area contributed by atoms with Crippen LogP contribution >= 0.6 is 11.8 Å². The number of aliphatic hydroxyl groups excluding tert-OH is 1. The summed E-state index contributed by atoms with van der Waals surface area (Å²) in [6.07, 6.45) is 4.02. The van der Waals surface area contributed by atoms with Gasteiger partial charge in [0.15, 0.2) is 5.78 Å². The van der Waals surface area contributed by atoms with Gasteiger partial charge in [-0.15, -0.1) is 11.8 Å². The smallest absolute Gasteiger partial charge is 0.168 e. The molecule has 1 atom stereocenters. The molecule has 2 aromatic carbocycles. The van der Waals surface area contributed by atoms with Crippen molar-refractivity contribution < 1.29 is 14.6 Å². The van der Waals surface area contributed by atoms with E-state index in [2.05, 4.69) is 11.0 Å². The number of thioether (sulfide) groups is 1. The van der Waals surface area contributed by atoms with Crippen LogP contribution in [0.1, 0.15) is 28.8 Å². The van der Waals surface area contributed by atoms with Gasteiger partial charge in [-0.2, -0.15) is 0 Å². The first-order valence-corrected chi connectivity index (χ1v) is 10.7. The molecule has 0 aromatic heterocycles. The van der Waals surface area contributed by atoms with Crippen LogP contribution in [0.2, 0.25) is 0 Å². The Kier molecular flexibility index (Phi) is 7.33. The van der Waals surface area contributed by atoms with Crippen molar-refractivity contribution >= 4 is 17.5 Å². The van der Waals surface area contributed by atoms with Crippen LogP contribution in [0.4, 0.5) is 0 Å². The van der Waals surface area contributed by atoms with E-state index in [1.165, 1.54) is 5.56 Å². The standard InChI is InChI=1S/C22H27NO3S/c1-27-21-10-3-2-9-20(21)22(25)18-7-5-11-23(16-18)15-17-6-4-8-19(14-17)26-13-12-24/h2-4,6,8-10,14,18,24H,5,7,11-13,15-16H2,1H3/t18-/m0/s1. The Morgan fingerprint density at radius 2 is 2.11 bits per heavy atom. The van der Waals surface area contributed by atoms with E-state index in [1.54, 1.807) is 11.8 Å². The first-order valence-electron chi connectivity index (χ1n) is 9.43. The number of Topliss-reactive ketones (excluding diaryl/α,β-unsaturated/α-hetero) is 1. The van der Waals surface area contributed by atoms with Gasteiger partial charge in [0.05, 0.1) is 6.61 Å². The average molecular weight is 386 g/mol. The van der Waals surface area contributed by atoms with Crippen molar-refractivity contribution in [1.82, 2.24) is 4.90 Å². The molecule has 1 aliphatic rings. The van der Waals surface area contributed by atoms with Crippen LogP contribution < -0.4 is 4.74 Å². The summed E-state index contributed by atoms with van der Waals surface area (Å²) in [7, 11) is 0. The van der Waals surface area contributed by atoms with Crippen molar-refractivity contribution in [1.29, 1.82) is 0 Å². The Hall–Kier alpha value is -1.82. The quantitative estimate of drug-likeness (QED) is 0.552. The Morgan fingerprint density at radius 1 is 1.26 bits per heavy atom. The zero-order valence-corrected chi connectivity index (χ0v) is 16.6. The second-order valence-corrected chi connectivity index (χ2v) is 7.71. The number of hydrogen-bond acceptors (Lipinski definition) is 5. The molecule has 3 rings (SSSR count). The van der Waals surface area contributed by atoms with Crippen LogP contribution in [0.5, 0.6) is 5.75 Å². The molecule has 1 saturated heterocycles. The maximum absolute atomic E-state index is 13.1. The minimum atomic E-state index is 0.0116. The normalized spacial score (nSPS) is 17.6. The highest BCUT2D eigenvalue weighted by atomic mass is 32.2. The molecular formula is C22H27NO3S. The molecule has 0 aliphatic carbocycles. The highest BCUT2D eigenvalue weighted by Gasteiger charge is 2.27. The molecule has 0 amide bonds. The zero-order chi connectivity index (χ0) is 19.1. The van der Waals surface area contributed by atoms with Gasteiger partial charge < -0.3 is 9.84 Å². The van der Waals surface area contributed by atoms with Crippen molar-refractivity contribution in [2.75, 3.05) is 32.6 Å². The molecule has 1 heterocycles. The van der Waals surface area contributed by atoms with Crippen LogP contribution in [-0.4, -0.2) is 48.3 Å². The van der Waals surface area contributed by atoms with Crippen LogP contribution in [0.15, 0.2) is 53.4 Å². The fourth-order valence-corrected chi connectivity index (χ4v) is 4.24. The largest absolute Gasteiger partial charge is 0.491 e. The van der Waals surface area contributed by atoms with Crippen molar-refractivity contribution in [2.24, 2.45) is 5.92 Å². The van der Waals surface area contributed by atoms with E-state index in [0.717, 1.165) is 48.7 Å². The highest BCUT2D eigenvalue weighted by molar-refractivity contribution is 7.98. The summed E-state index contributed by atoms with van der Waals surface area (Å²) < 4.78 is 5.50. The average Bonchev–Trinajstić information content (AvgIpc) is 2.72. The van der Waals surface area contributed by atoms with E-state index in [9.17, 15) is 4.79 Å². The monoisotopic (exact) mass is 385 g/mol. The Morgan fingerprint density at radius 3 is 2.93 bits per heavy atom. The number of hydrogen-bond donors (Lipinski definition) is 1. The summed E-state index contributed by atoms with van der Waals surface area (Å²) in [5, 5.41) is 8.90. The number of ketones is 1. The van der Waals surface area contributed by atoms with E-state index < -0.39 is 0 Å². The number of carbonyl (C=O) groups excluding carboxylic acids is 1. The van der Waals surface area contributed by atoms with E-state index in [4.69, 9.17) is 9.84 Å². The summed E-state index contributed by atoms with van der Waals surface area (Å²) in [6.45, 7) is 2.93. The van der Waals surface area contributed by atoms with Gasteiger partial charge in [-0.25, -0.2) is 0 Å². The van der Waals surface area contributed by atoms with Gasteiger partial charge in [-0.1, -0.05) is 30.3 Å². The predicted octanol–water partition coefficient (Wildman–Crippen LogP) is 3.87. The van der Waals surface area contributed by atoms with Gasteiger partial charge in [0.25, 0.3) is 0 Å². The maximum Gasteiger partial charge on any atom is 0.168 e. The molecular weight excluding hydrogens is 358 g/mol. The number of benzene rings is 2. The Balaban J connectivity index is 1.65. The first kappa shape index (κ1) is 19.9. The molecule has 4 nitrogen and oxygen atoms in total. The SMILES string of the molecule is CSc1ccccc1C(=O)[C@H]1CCCN(Cc2cccc(OCCO)c2)C1. The van der Waals surface area contributed by atoms with Gasteiger partial charge in [0.1, 0.15) is 12.4 Å². The van der Waals surface area contributed by atoms with Crippen LogP contribution in [0, 0.1) is 5.92 Å². The van der Waals surface area contributed by atoms with E-state index in [1.807, 2.05) is 48.7 Å². The summed E-state index contributed by atoms with van der Waals surface area (Å²) in [5.41, 5.74) is 2.03. The third-order valence-corrected chi connectivity index (χ3v) is 5.71. The van der Waals surface area contributed by atoms with Crippen molar-refractivity contribution in [3.63, 3.8) is 0 Å².